The SMILES string of the molecule is O=c1cc(Nc2ccccc2)n(-c2ccccc2)c2cnc(C3CCCC3)cc12. The lowest BCUT2D eigenvalue weighted by Crippen LogP contribution is -2.13. The van der Waals surface area contributed by atoms with E-state index >= 15 is 0 Å². The number of nitrogens with zero attached hydrogens (tertiary/aromatic N) is 2. The Bertz CT molecular complexity index is 1190. The summed E-state index contributed by atoms with van der Waals surface area (Å²) in [5.74, 6) is 1.21. The smallest absolute Gasteiger partial charge is 0.191 e. The molecule has 0 amide bonds. The predicted molar refractivity (Wildman–Crippen MR) is 118 cm³/mol. The Morgan fingerprint density at radius 3 is 2.31 bits per heavy atom. The summed E-state index contributed by atoms with van der Waals surface area (Å²) in [6, 6.07) is 23.7. The van der Waals surface area contributed by atoms with E-state index in [9.17, 15) is 4.79 Å². The molecule has 0 aliphatic heterocycles. The van der Waals surface area contributed by atoms with Crippen molar-refractivity contribution in [3.8, 4) is 5.69 Å². The Kier molecular flexibility index (Phi) is 4.60. The highest BCUT2D eigenvalue weighted by Gasteiger charge is 2.20. The van der Waals surface area contributed by atoms with E-state index in [2.05, 4.69) is 9.88 Å². The van der Waals surface area contributed by atoms with Crippen molar-refractivity contribution in [1.82, 2.24) is 9.55 Å². The van der Waals surface area contributed by atoms with E-state index in [4.69, 9.17) is 4.98 Å². The summed E-state index contributed by atoms with van der Waals surface area (Å²) in [6.45, 7) is 0. The lowest BCUT2D eigenvalue weighted by molar-refractivity contribution is 0.699. The van der Waals surface area contributed by atoms with Crippen LogP contribution in [-0.4, -0.2) is 9.55 Å². The Morgan fingerprint density at radius 2 is 1.59 bits per heavy atom. The van der Waals surface area contributed by atoms with Gasteiger partial charge in [-0.1, -0.05) is 49.2 Å². The molecule has 5 rings (SSSR count). The number of hydrogen-bond donors (Lipinski definition) is 1. The van der Waals surface area contributed by atoms with Crippen molar-refractivity contribution in [3.63, 3.8) is 0 Å². The lowest BCUT2D eigenvalue weighted by Gasteiger charge is -2.19. The first-order valence-electron chi connectivity index (χ1n) is 10.2. The van der Waals surface area contributed by atoms with Crippen molar-refractivity contribution >= 4 is 22.4 Å². The molecule has 4 nitrogen and oxygen atoms in total. The van der Waals surface area contributed by atoms with Gasteiger partial charge in [-0.25, -0.2) is 0 Å². The van der Waals surface area contributed by atoms with Crippen molar-refractivity contribution in [1.29, 1.82) is 0 Å². The van der Waals surface area contributed by atoms with Gasteiger partial charge in [-0.15, -0.1) is 0 Å². The molecule has 0 spiro atoms. The molecule has 144 valence electrons. The van der Waals surface area contributed by atoms with Crippen LogP contribution in [0.25, 0.3) is 16.6 Å². The van der Waals surface area contributed by atoms with Crippen LogP contribution in [0.3, 0.4) is 0 Å². The molecule has 0 bridgehead atoms. The van der Waals surface area contributed by atoms with Crippen LogP contribution in [0.2, 0.25) is 0 Å². The van der Waals surface area contributed by atoms with Gasteiger partial charge in [0.2, 0.25) is 0 Å². The van der Waals surface area contributed by atoms with Crippen LogP contribution in [0, 0.1) is 0 Å². The van der Waals surface area contributed by atoms with Crippen LogP contribution in [0.5, 0.6) is 0 Å². The minimum atomic E-state index is 0.0206. The fourth-order valence-corrected chi connectivity index (χ4v) is 4.30. The number of para-hydroxylation sites is 2. The number of benzene rings is 2. The molecular weight excluding hydrogens is 358 g/mol. The molecule has 4 aromatic rings. The van der Waals surface area contributed by atoms with Gasteiger partial charge in [-0.05, 0) is 43.2 Å². The largest absolute Gasteiger partial charge is 0.341 e. The maximum absolute atomic E-state index is 13.1. The monoisotopic (exact) mass is 381 g/mol. The van der Waals surface area contributed by atoms with Crippen LogP contribution in [-0.2, 0) is 0 Å². The minimum absolute atomic E-state index is 0.0206. The van der Waals surface area contributed by atoms with Crippen LogP contribution < -0.4 is 10.7 Å². The summed E-state index contributed by atoms with van der Waals surface area (Å²) in [6.07, 6.45) is 6.70. The second kappa shape index (κ2) is 7.55. The van der Waals surface area contributed by atoms with E-state index in [1.54, 1.807) is 6.07 Å². The quantitative estimate of drug-likeness (QED) is 0.487. The summed E-state index contributed by atoms with van der Waals surface area (Å²) in [4.78, 5) is 17.8. The van der Waals surface area contributed by atoms with Gasteiger partial charge in [0.1, 0.15) is 5.82 Å². The molecule has 0 saturated heterocycles. The van der Waals surface area contributed by atoms with Gasteiger partial charge in [0, 0.05) is 34.4 Å². The van der Waals surface area contributed by atoms with Crippen LogP contribution in [0.15, 0.2) is 83.8 Å². The number of pyridine rings is 2. The standard InChI is InChI=1S/C25H23N3O/c29-24-16-25(27-19-11-3-1-4-12-19)28(20-13-5-2-6-14-20)23-17-26-22(15-21(23)24)18-9-7-8-10-18/h1-6,11-18,27H,7-10H2. The van der Waals surface area contributed by atoms with E-state index in [0.29, 0.717) is 5.92 Å². The van der Waals surface area contributed by atoms with Crippen LogP contribution in [0.1, 0.15) is 37.3 Å². The van der Waals surface area contributed by atoms with Crippen molar-refractivity contribution < 1.29 is 0 Å². The number of hydrogen-bond acceptors (Lipinski definition) is 3. The van der Waals surface area contributed by atoms with E-state index in [-0.39, 0.29) is 5.43 Å². The summed E-state index contributed by atoms with van der Waals surface area (Å²) in [5.41, 5.74) is 3.82. The van der Waals surface area contributed by atoms with Crippen molar-refractivity contribution in [2.24, 2.45) is 0 Å². The molecule has 4 heteroatoms. The number of aromatic nitrogens is 2. The Balaban J connectivity index is 1.71. The number of anilines is 2. The summed E-state index contributed by atoms with van der Waals surface area (Å²) in [7, 11) is 0. The average molecular weight is 381 g/mol. The van der Waals surface area contributed by atoms with Crippen molar-refractivity contribution in [2.45, 2.75) is 31.6 Å². The Hall–Kier alpha value is -3.40. The highest BCUT2D eigenvalue weighted by molar-refractivity contribution is 5.83. The lowest BCUT2D eigenvalue weighted by atomic mass is 10.0. The number of rotatable bonds is 4. The zero-order valence-electron chi connectivity index (χ0n) is 16.2. The van der Waals surface area contributed by atoms with E-state index < -0.39 is 0 Å². The zero-order chi connectivity index (χ0) is 19.6. The molecule has 1 saturated carbocycles. The third-order valence-corrected chi connectivity index (χ3v) is 5.75. The zero-order valence-corrected chi connectivity index (χ0v) is 16.2. The normalized spacial score (nSPS) is 14.3. The maximum atomic E-state index is 13.1. The van der Waals surface area contributed by atoms with Gasteiger partial charge in [-0.2, -0.15) is 0 Å². The molecule has 1 N–H and O–H groups in total. The molecule has 1 fully saturated rings. The second-order valence-corrected chi connectivity index (χ2v) is 7.66. The summed E-state index contributed by atoms with van der Waals surface area (Å²) < 4.78 is 2.08. The van der Waals surface area contributed by atoms with Gasteiger partial charge < -0.3 is 5.32 Å². The third kappa shape index (κ3) is 3.42. The Morgan fingerprint density at radius 1 is 0.897 bits per heavy atom. The van der Waals surface area contributed by atoms with Gasteiger partial charge in [0.15, 0.2) is 5.43 Å². The average Bonchev–Trinajstić information content (AvgIpc) is 3.30. The fourth-order valence-electron chi connectivity index (χ4n) is 4.30. The van der Waals surface area contributed by atoms with E-state index in [1.807, 2.05) is 72.9 Å². The molecule has 29 heavy (non-hydrogen) atoms. The molecule has 0 unspecified atom stereocenters. The molecule has 1 aliphatic rings. The van der Waals surface area contributed by atoms with Crippen molar-refractivity contribution in [2.75, 3.05) is 5.32 Å². The summed E-state index contributed by atoms with van der Waals surface area (Å²) >= 11 is 0. The van der Waals surface area contributed by atoms with Gasteiger partial charge in [0.25, 0.3) is 0 Å². The first-order valence-corrected chi connectivity index (χ1v) is 10.2. The number of nitrogens with one attached hydrogen (secondary N) is 1. The maximum Gasteiger partial charge on any atom is 0.191 e. The first kappa shape index (κ1) is 17.7. The number of fused-ring (bicyclic) bond motifs is 1. The van der Waals surface area contributed by atoms with E-state index in [1.165, 1.54) is 25.7 Å². The second-order valence-electron chi connectivity index (χ2n) is 7.66. The fraction of sp³-hybridized carbons (Fsp3) is 0.200. The Labute approximate surface area is 169 Å². The third-order valence-electron chi connectivity index (χ3n) is 5.75. The van der Waals surface area contributed by atoms with Gasteiger partial charge in [-0.3, -0.25) is 14.3 Å². The molecule has 2 heterocycles. The molecule has 1 aliphatic carbocycles. The summed E-state index contributed by atoms with van der Waals surface area (Å²) in [5, 5.41) is 4.14. The highest BCUT2D eigenvalue weighted by Crippen LogP contribution is 2.34. The molecular formula is C25H23N3O. The predicted octanol–water partition coefficient (Wildman–Crippen LogP) is 5.79. The highest BCUT2D eigenvalue weighted by atomic mass is 16.1. The topological polar surface area (TPSA) is 46.9 Å². The molecule has 0 atom stereocenters. The first-order chi connectivity index (χ1) is 14.3. The molecule has 2 aromatic carbocycles. The van der Waals surface area contributed by atoms with Crippen molar-refractivity contribution in [3.05, 3.63) is 94.9 Å². The van der Waals surface area contributed by atoms with Gasteiger partial charge in [0.05, 0.1) is 11.7 Å². The van der Waals surface area contributed by atoms with Gasteiger partial charge >= 0.3 is 0 Å². The van der Waals surface area contributed by atoms with Crippen LogP contribution >= 0.6 is 0 Å². The minimum Gasteiger partial charge on any atom is -0.341 e. The van der Waals surface area contributed by atoms with Crippen LogP contribution in [0.4, 0.5) is 11.5 Å². The van der Waals surface area contributed by atoms with E-state index in [0.717, 1.165) is 33.8 Å². The molecule has 0 radical (unpaired) electrons. The molecule has 2 aromatic heterocycles.